The Kier molecular flexibility index (Phi) is 5.53. The summed E-state index contributed by atoms with van der Waals surface area (Å²) in [5.74, 6) is 7.05. The molecule has 8 nitrogen and oxygen atoms in total. The lowest BCUT2D eigenvalue weighted by Gasteiger charge is -2.28. The molecule has 6 rings (SSSR count). The number of rotatable bonds is 5. The molecule has 0 spiro atoms. The highest BCUT2D eigenvalue weighted by Crippen LogP contribution is 2.69. The number of carbonyl (C=O) groups is 2. The highest BCUT2D eigenvalue weighted by atomic mass is 16.2. The number of ketones is 1. The van der Waals surface area contributed by atoms with Crippen LogP contribution in [0.2, 0.25) is 0 Å². The van der Waals surface area contributed by atoms with Crippen molar-refractivity contribution in [1.82, 2.24) is 24.3 Å². The molecule has 2 N–H and O–H groups in total. The van der Waals surface area contributed by atoms with Gasteiger partial charge in [0.2, 0.25) is 0 Å². The van der Waals surface area contributed by atoms with Crippen LogP contribution in [0.15, 0.2) is 61.1 Å². The summed E-state index contributed by atoms with van der Waals surface area (Å²) >= 11 is 0. The number of nitrogens with zero attached hydrogens (tertiary/aromatic N) is 5. The smallest absolute Gasteiger partial charge is 0.299 e. The van der Waals surface area contributed by atoms with Crippen LogP contribution >= 0.6 is 0 Å². The lowest BCUT2D eigenvalue weighted by atomic mass is 10.0. The molecular weight excluding hydrogens is 476 g/mol. The second kappa shape index (κ2) is 8.80. The zero-order valence-electron chi connectivity index (χ0n) is 21.5. The van der Waals surface area contributed by atoms with Gasteiger partial charge in [-0.15, -0.1) is 0 Å². The van der Waals surface area contributed by atoms with E-state index in [0.29, 0.717) is 35.1 Å². The number of piperidine rings is 1. The molecule has 0 unspecified atom stereocenters. The summed E-state index contributed by atoms with van der Waals surface area (Å²) in [6.07, 6.45) is 5.42. The fourth-order valence-corrected chi connectivity index (χ4v) is 6.05. The zero-order chi connectivity index (χ0) is 26.6. The van der Waals surface area contributed by atoms with E-state index in [1.165, 1.54) is 0 Å². The van der Waals surface area contributed by atoms with Gasteiger partial charge in [0.15, 0.2) is 5.78 Å². The molecule has 1 amide bonds. The van der Waals surface area contributed by atoms with Crippen molar-refractivity contribution in [2.24, 2.45) is 17.3 Å². The maximum atomic E-state index is 13.0. The fourth-order valence-electron chi connectivity index (χ4n) is 6.05. The van der Waals surface area contributed by atoms with E-state index < -0.39 is 0 Å². The van der Waals surface area contributed by atoms with Gasteiger partial charge in [0.05, 0.1) is 12.5 Å². The topological polar surface area (TPSA) is 106 Å². The van der Waals surface area contributed by atoms with Gasteiger partial charge >= 0.3 is 0 Å². The highest BCUT2D eigenvalue weighted by molar-refractivity contribution is 5.98. The maximum Gasteiger partial charge on any atom is 0.299 e. The second-order valence-corrected chi connectivity index (χ2v) is 10.6. The van der Waals surface area contributed by atoms with Crippen LogP contribution in [0.1, 0.15) is 48.7 Å². The minimum atomic E-state index is -0.217. The van der Waals surface area contributed by atoms with Crippen LogP contribution in [0.5, 0.6) is 0 Å². The van der Waals surface area contributed by atoms with Crippen LogP contribution in [0.25, 0.3) is 16.8 Å². The molecule has 8 heteroatoms. The molecule has 2 aliphatic rings. The fraction of sp³-hybridized carbons (Fsp3) is 0.300. The van der Waals surface area contributed by atoms with Crippen molar-refractivity contribution >= 4 is 23.0 Å². The number of hydrogen-bond donors (Lipinski definition) is 1. The van der Waals surface area contributed by atoms with Crippen molar-refractivity contribution in [3.05, 3.63) is 78.1 Å². The number of anilines is 1. The summed E-state index contributed by atoms with van der Waals surface area (Å²) in [5, 5.41) is 0. The van der Waals surface area contributed by atoms with Crippen molar-refractivity contribution < 1.29 is 9.59 Å². The molecule has 1 aromatic carbocycles. The average Bonchev–Trinajstić information content (AvgIpc) is 3.25. The number of fused-ring (bicyclic) bond motifs is 2. The number of carbonyl (C=O) groups excluding carboxylic acids is 2. The van der Waals surface area contributed by atoms with Gasteiger partial charge in [0.25, 0.3) is 5.91 Å². The van der Waals surface area contributed by atoms with Crippen molar-refractivity contribution in [3.8, 4) is 23.1 Å². The Bertz CT molecular complexity index is 1630. The normalized spacial score (nSPS) is 21.0. The Balaban J connectivity index is 1.40. The molecule has 190 valence electrons. The third-order valence-electron chi connectivity index (χ3n) is 8.12. The lowest BCUT2D eigenvalue weighted by Crippen LogP contribution is -2.35. The number of likely N-dealkylation sites (tertiary alicyclic amines) is 1. The third kappa shape index (κ3) is 3.74. The third-order valence-corrected chi connectivity index (χ3v) is 8.12. The Hall–Kier alpha value is -4.51. The minimum Gasteiger partial charge on any atom is -0.382 e. The van der Waals surface area contributed by atoms with Crippen LogP contribution in [0, 0.1) is 29.1 Å². The summed E-state index contributed by atoms with van der Waals surface area (Å²) in [5.41, 5.74) is 9.99. The van der Waals surface area contributed by atoms with Gasteiger partial charge in [-0.1, -0.05) is 50.1 Å². The van der Waals surface area contributed by atoms with Crippen molar-refractivity contribution in [1.29, 1.82) is 0 Å². The number of benzene rings is 1. The molecule has 0 bridgehead atoms. The molecule has 3 atom stereocenters. The van der Waals surface area contributed by atoms with Crippen LogP contribution in [-0.2, 0) is 11.2 Å². The van der Waals surface area contributed by atoms with Crippen molar-refractivity contribution in [2.45, 2.75) is 33.2 Å². The summed E-state index contributed by atoms with van der Waals surface area (Å²) in [6, 6.07) is 12.7. The van der Waals surface area contributed by atoms with Crippen LogP contribution in [0.3, 0.4) is 0 Å². The minimum absolute atomic E-state index is 0.00836. The summed E-state index contributed by atoms with van der Waals surface area (Å²) in [4.78, 5) is 41.3. The molecule has 4 heterocycles. The first-order valence-electron chi connectivity index (χ1n) is 12.7. The Morgan fingerprint density at radius 3 is 2.61 bits per heavy atom. The maximum absolute atomic E-state index is 13.0. The average molecular weight is 505 g/mol. The Morgan fingerprint density at radius 2 is 1.89 bits per heavy atom. The lowest BCUT2D eigenvalue weighted by molar-refractivity contribution is -0.127. The summed E-state index contributed by atoms with van der Waals surface area (Å²) < 4.78 is 1.96. The van der Waals surface area contributed by atoms with Gasteiger partial charge in [0, 0.05) is 42.0 Å². The molecule has 4 aromatic rings. The van der Waals surface area contributed by atoms with Gasteiger partial charge < -0.3 is 10.6 Å². The van der Waals surface area contributed by atoms with Crippen molar-refractivity contribution in [2.75, 3.05) is 12.3 Å². The van der Waals surface area contributed by atoms with Crippen LogP contribution in [-0.4, -0.2) is 42.5 Å². The summed E-state index contributed by atoms with van der Waals surface area (Å²) in [6.45, 7) is 6.83. The van der Waals surface area contributed by atoms with E-state index in [9.17, 15) is 9.59 Å². The van der Waals surface area contributed by atoms with Gasteiger partial charge in [0.1, 0.15) is 22.9 Å². The molecule has 38 heavy (non-hydrogen) atoms. The van der Waals surface area contributed by atoms with E-state index >= 15 is 0 Å². The quantitative estimate of drug-likeness (QED) is 0.326. The molecule has 1 aliphatic heterocycles. The standard InChI is InChI=1S/C30H28N6O2/c1-4-7-23(38)36-17-21-24(30(21,2)3)26(36)29-34-25(27-28(31)33-14-15-35(27)29)19-11-9-18(10-12-19)22(37)16-20-8-5-6-13-32-20/h5-6,8-15,21,24,26H,16-17H2,1-3H3,(H2,31,33)/t21-,24-,26-/m0/s1. The summed E-state index contributed by atoms with van der Waals surface area (Å²) in [7, 11) is 0. The van der Waals surface area contributed by atoms with Gasteiger partial charge in [-0.2, -0.15) is 0 Å². The molecule has 1 aliphatic carbocycles. The van der Waals surface area contributed by atoms with E-state index in [1.807, 2.05) is 45.8 Å². The largest absolute Gasteiger partial charge is 0.382 e. The van der Waals surface area contributed by atoms with Gasteiger partial charge in [-0.25, -0.2) is 9.97 Å². The van der Waals surface area contributed by atoms with E-state index in [2.05, 4.69) is 35.7 Å². The number of Topliss-reactive ketones (excluding diaryl/α,β-unsaturated/α-hetero) is 1. The highest BCUT2D eigenvalue weighted by Gasteiger charge is 2.68. The number of aromatic nitrogens is 4. The number of hydrogen-bond acceptors (Lipinski definition) is 6. The zero-order valence-corrected chi connectivity index (χ0v) is 21.5. The Labute approximate surface area is 220 Å². The molecule has 2 fully saturated rings. The van der Waals surface area contributed by atoms with E-state index in [-0.39, 0.29) is 35.5 Å². The van der Waals surface area contributed by atoms with E-state index in [0.717, 1.165) is 17.1 Å². The van der Waals surface area contributed by atoms with E-state index in [4.69, 9.17) is 10.7 Å². The molecular formula is C30H28N6O2. The number of pyridine rings is 1. The van der Waals surface area contributed by atoms with Gasteiger partial charge in [-0.3, -0.25) is 19.0 Å². The molecule has 1 saturated carbocycles. The SMILES string of the molecule is CC#CC(=O)N1C[C@H]2[C@@H]([C@H]1c1nc(-c3ccc(C(=O)Cc4ccccn4)cc3)c3c(N)nccn13)C2(C)C. The molecule has 3 aromatic heterocycles. The number of imidazole rings is 1. The van der Waals surface area contributed by atoms with Gasteiger partial charge in [-0.05, 0) is 42.2 Å². The Morgan fingerprint density at radius 1 is 1.11 bits per heavy atom. The number of amides is 1. The number of nitrogens with two attached hydrogens (primary N) is 1. The number of nitrogen functional groups attached to an aromatic ring is 1. The first-order valence-corrected chi connectivity index (χ1v) is 12.7. The van der Waals surface area contributed by atoms with Crippen LogP contribution < -0.4 is 5.73 Å². The van der Waals surface area contributed by atoms with Crippen LogP contribution in [0.4, 0.5) is 5.82 Å². The predicted molar refractivity (Wildman–Crippen MR) is 144 cm³/mol. The second-order valence-electron chi connectivity index (χ2n) is 10.6. The first-order chi connectivity index (χ1) is 18.3. The monoisotopic (exact) mass is 504 g/mol. The van der Waals surface area contributed by atoms with Crippen molar-refractivity contribution in [3.63, 3.8) is 0 Å². The predicted octanol–water partition coefficient (Wildman–Crippen LogP) is 3.98. The first kappa shape index (κ1) is 23.9. The molecule has 1 saturated heterocycles. The van der Waals surface area contributed by atoms with E-state index in [1.54, 1.807) is 31.5 Å². The molecule has 0 radical (unpaired) electrons.